The highest BCUT2D eigenvalue weighted by Crippen LogP contribution is 2.38. The molecule has 534 valence electrons. The van der Waals surface area contributed by atoms with E-state index in [1.165, 1.54) is 6.26 Å². The molecule has 22 nitrogen and oxygen atoms in total. The minimum Gasteiger partial charge on any atom is -0.497 e. The lowest BCUT2D eigenvalue weighted by Crippen LogP contribution is -2.49. The predicted octanol–water partition coefficient (Wildman–Crippen LogP) is 11.6. The number of piperazine rings is 3. The molecule has 25 heteroatoms. The molecule has 3 saturated heterocycles. The third kappa shape index (κ3) is 16.8. The summed E-state index contributed by atoms with van der Waals surface area (Å²) in [6, 6.07) is 50.9. The lowest BCUT2D eigenvalue weighted by molar-refractivity contribution is 0.0712. The number of benzene rings is 6. The van der Waals surface area contributed by atoms with E-state index in [1.54, 1.807) is 86.7 Å². The molecule has 6 aromatic carbocycles. The molecule has 13 rings (SSSR count). The molecule has 3 amide bonds. The van der Waals surface area contributed by atoms with Gasteiger partial charge in [-0.25, -0.2) is 4.98 Å². The monoisotopic (exact) mass is 1460 g/mol. The van der Waals surface area contributed by atoms with Crippen molar-refractivity contribution in [3.63, 3.8) is 0 Å². The average Bonchev–Trinajstić information content (AvgIpc) is 0.794. The lowest BCUT2D eigenvalue weighted by atomic mass is 10.0. The number of nitriles is 3. The van der Waals surface area contributed by atoms with Crippen molar-refractivity contribution in [2.45, 2.75) is 26.4 Å². The van der Waals surface area contributed by atoms with E-state index in [0.29, 0.717) is 171 Å². The fraction of sp³-hybridized carbons (Fsp3) is 0.304. The Kier molecular flexibility index (Phi) is 24.2. The van der Waals surface area contributed by atoms with Crippen LogP contribution in [0.3, 0.4) is 0 Å². The Morgan fingerprint density at radius 1 is 0.538 bits per heavy atom. The van der Waals surface area contributed by atoms with Gasteiger partial charge in [0.05, 0.1) is 70.2 Å². The summed E-state index contributed by atoms with van der Waals surface area (Å²) in [6.07, 6.45) is 2.29. The van der Waals surface area contributed by atoms with Crippen molar-refractivity contribution in [1.29, 1.82) is 15.8 Å². The van der Waals surface area contributed by atoms with E-state index in [1.807, 2.05) is 135 Å². The van der Waals surface area contributed by atoms with Crippen LogP contribution >= 0.6 is 34.8 Å². The zero-order chi connectivity index (χ0) is 73.7. The molecule has 4 aromatic heterocycles. The molecule has 0 unspecified atom stereocenters. The molecule has 7 heterocycles. The van der Waals surface area contributed by atoms with Crippen LogP contribution in [0.15, 0.2) is 166 Å². The average molecular weight is 1460 g/mol. The number of rotatable bonds is 17. The summed E-state index contributed by atoms with van der Waals surface area (Å²) in [6.45, 7) is 11.0. The van der Waals surface area contributed by atoms with Gasteiger partial charge >= 0.3 is 0 Å². The number of carbonyl (C=O) groups is 3. The second kappa shape index (κ2) is 33.9. The highest BCUT2D eigenvalue weighted by molar-refractivity contribution is 6.42. The van der Waals surface area contributed by atoms with Crippen LogP contribution in [0.5, 0.6) is 11.6 Å². The quantitative estimate of drug-likeness (QED) is 0.0770. The number of hydrogen-bond acceptors (Lipinski definition) is 17. The van der Waals surface area contributed by atoms with E-state index in [4.69, 9.17) is 48.7 Å². The van der Waals surface area contributed by atoms with Crippen LogP contribution in [0.4, 0.5) is 17.1 Å². The first-order chi connectivity index (χ1) is 50.3. The Balaban J connectivity index is 0.000000157. The molecule has 0 aliphatic carbocycles. The number of aryl methyl sites for hydroxylation is 1. The minimum atomic E-state index is -0.297. The van der Waals surface area contributed by atoms with Crippen LogP contribution < -0.4 is 35.3 Å². The topological polar surface area (TPSA) is 237 Å². The SMILES string of the molecule is CN(C)CCCOc1nc2ccc(Cl)cc2c(N2CCN(C(=O)c3ccc(Cl)c(Cl)c3)CC2)c1C#N.CN(C)CCn1c(=O)c(C#N)c(N2CCN(C(=O)c3ccco3)CC2)c2ccccc21.COc1ccc(C(=O)N2CCN(c3c(C#N)c(=O)n(Cc4ccccc4)c4ccc(C)cc34)CC2)cc1. The van der Waals surface area contributed by atoms with Gasteiger partial charge in [0, 0.05) is 130 Å². The summed E-state index contributed by atoms with van der Waals surface area (Å²) in [5.74, 6) is 1.04. The van der Waals surface area contributed by atoms with Gasteiger partial charge in [-0.05, 0) is 138 Å². The molecule has 0 saturated carbocycles. The standard InChI is InChI=1S/C30H28N4O3.C26H26Cl3N5O2.C23H25N5O3/c1-21-8-13-27-25(18-21)28(26(19-31)30(36)34(27)20-22-6-4-3-5-7-22)32-14-16-33(17-15-32)29(35)23-9-11-24(37-2)12-10-23;1-32(2)8-3-13-36-25-20(16-30)24(19-15-18(27)5-7-23(19)31-25)33-9-11-34(12-10-33)26(35)17-4-6-21(28)22(29)14-17;1-25(2)9-14-28-19-7-4-3-6-17(19)21(18(16-24)22(28)29)26-10-12-27(13-11-26)23(30)20-8-5-15-31-20/h3-13,18H,14-17,20H2,1-2H3;4-7,14-15H,3,8-13H2,1-2H3;3-8,15H,9-14H2,1-2H3. The molecular formula is C79H79Cl3N14O8. The van der Waals surface area contributed by atoms with Gasteiger partial charge in [-0.3, -0.25) is 24.0 Å². The van der Waals surface area contributed by atoms with Crippen LogP contribution in [0.2, 0.25) is 15.1 Å². The fourth-order valence-corrected chi connectivity index (χ4v) is 13.7. The molecular weight excluding hydrogens is 1380 g/mol. The second-order valence-electron chi connectivity index (χ2n) is 25.9. The van der Waals surface area contributed by atoms with Crippen LogP contribution in [0.25, 0.3) is 32.7 Å². The maximum atomic E-state index is 13.6. The highest BCUT2D eigenvalue weighted by atomic mass is 35.5. The molecule has 0 spiro atoms. The Morgan fingerprint density at radius 3 is 1.66 bits per heavy atom. The summed E-state index contributed by atoms with van der Waals surface area (Å²) in [5, 5.41) is 34.0. The second-order valence-corrected chi connectivity index (χ2v) is 27.2. The number of halogens is 3. The van der Waals surface area contributed by atoms with E-state index in [-0.39, 0.29) is 40.0 Å². The number of carbonyl (C=O) groups excluding carboxylic acids is 3. The zero-order valence-corrected chi connectivity index (χ0v) is 61.1. The number of hydrogen-bond donors (Lipinski definition) is 0. The van der Waals surface area contributed by atoms with E-state index < -0.39 is 0 Å². The van der Waals surface area contributed by atoms with Gasteiger partial charge in [-0.15, -0.1) is 0 Å². The first-order valence-electron chi connectivity index (χ1n) is 34.2. The van der Waals surface area contributed by atoms with Crippen LogP contribution in [-0.4, -0.2) is 190 Å². The largest absolute Gasteiger partial charge is 0.497 e. The number of methoxy groups -OCH3 is 1. The molecule has 0 N–H and O–H groups in total. The number of anilines is 3. The normalized spacial score (nSPS) is 13.8. The Bertz CT molecular complexity index is 5040. The van der Waals surface area contributed by atoms with Crippen molar-refractivity contribution in [2.75, 3.05) is 148 Å². The minimum absolute atomic E-state index is 0.0400. The third-order valence-corrected chi connectivity index (χ3v) is 19.6. The molecule has 104 heavy (non-hydrogen) atoms. The summed E-state index contributed by atoms with van der Waals surface area (Å²) in [4.78, 5) is 85.8. The number of nitrogens with zero attached hydrogens (tertiary/aromatic N) is 14. The van der Waals surface area contributed by atoms with Crippen molar-refractivity contribution in [3.05, 3.63) is 232 Å². The first kappa shape index (κ1) is 74.3. The number of amides is 3. The van der Waals surface area contributed by atoms with Crippen molar-refractivity contribution in [2.24, 2.45) is 0 Å². The predicted molar refractivity (Wildman–Crippen MR) is 407 cm³/mol. The Hall–Kier alpha value is -10.9. The van der Waals surface area contributed by atoms with Gasteiger partial charge < -0.3 is 62.2 Å². The molecule has 0 atom stereocenters. The number of likely N-dealkylation sites (N-methyl/N-ethyl adjacent to an activating group) is 1. The summed E-state index contributed by atoms with van der Waals surface area (Å²) < 4.78 is 19.8. The molecule has 3 fully saturated rings. The van der Waals surface area contributed by atoms with E-state index >= 15 is 0 Å². The maximum absolute atomic E-state index is 13.6. The summed E-state index contributed by atoms with van der Waals surface area (Å²) in [7, 11) is 9.51. The molecule has 3 aliphatic rings. The Morgan fingerprint density at radius 2 is 1.09 bits per heavy atom. The van der Waals surface area contributed by atoms with Crippen molar-refractivity contribution in [1.82, 2.24) is 38.6 Å². The lowest BCUT2D eigenvalue weighted by Gasteiger charge is -2.37. The summed E-state index contributed by atoms with van der Waals surface area (Å²) in [5.41, 5.74) is 7.61. The van der Waals surface area contributed by atoms with Crippen LogP contribution in [0.1, 0.15) is 65.5 Å². The number of para-hydroxylation sites is 1. The van der Waals surface area contributed by atoms with Crippen molar-refractivity contribution >= 4 is 102 Å². The zero-order valence-electron chi connectivity index (χ0n) is 58.8. The maximum Gasteiger partial charge on any atom is 0.289 e. The summed E-state index contributed by atoms with van der Waals surface area (Å²) >= 11 is 18.4. The Labute approximate surface area is 618 Å². The van der Waals surface area contributed by atoms with Gasteiger partial charge in [0.2, 0.25) is 5.88 Å². The van der Waals surface area contributed by atoms with Gasteiger partial charge in [0.15, 0.2) is 5.76 Å². The fourth-order valence-electron chi connectivity index (χ4n) is 13.2. The van der Waals surface area contributed by atoms with E-state index in [0.717, 1.165) is 57.0 Å². The van der Waals surface area contributed by atoms with Gasteiger partial charge in [0.1, 0.15) is 40.6 Å². The van der Waals surface area contributed by atoms with Gasteiger partial charge in [0.25, 0.3) is 28.8 Å². The van der Waals surface area contributed by atoms with Crippen LogP contribution in [0, 0.1) is 40.9 Å². The number of fused-ring (bicyclic) bond motifs is 3. The molecule has 0 bridgehead atoms. The number of furan rings is 1. The van der Waals surface area contributed by atoms with Gasteiger partial charge in [-0.1, -0.05) is 95.0 Å². The van der Waals surface area contributed by atoms with Crippen molar-refractivity contribution < 1.29 is 28.3 Å². The number of pyridine rings is 3. The first-order valence-corrected chi connectivity index (χ1v) is 35.3. The number of aromatic nitrogens is 3. The van der Waals surface area contributed by atoms with E-state index in [9.17, 15) is 39.8 Å². The van der Waals surface area contributed by atoms with E-state index in [2.05, 4.69) is 37.9 Å². The van der Waals surface area contributed by atoms with Crippen LogP contribution in [-0.2, 0) is 13.1 Å². The molecule has 0 radical (unpaired) electrons. The third-order valence-electron chi connectivity index (χ3n) is 18.6. The number of ether oxygens (including phenoxy) is 2. The molecule has 3 aliphatic heterocycles. The smallest absolute Gasteiger partial charge is 0.289 e. The van der Waals surface area contributed by atoms with Crippen molar-refractivity contribution in [3.8, 4) is 29.8 Å². The highest BCUT2D eigenvalue weighted by Gasteiger charge is 2.32. The molecule has 10 aromatic rings. The van der Waals surface area contributed by atoms with Gasteiger partial charge in [-0.2, -0.15) is 15.8 Å².